The lowest BCUT2D eigenvalue weighted by Crippen LogP contribution is -2.28. The molecule has 6 heteroatoms. The van der Waals surface area contributed by atoms with Gasteiger partial charge in [-0.05, 0) is 18.2 Å². The van der Waals surface area contributed by atoms with E-state index in [1.807, 2.05) is 0 Å². The van der Waals surface area contributed by atoms with E-state index in [4.69, 9.17) is 0 Å². The van der Waals surface area contributed by atoms with Gasteiger partial charge in [0.1, 0.15) is 11.5 Å². The lowest BCUT2D eigenvalue weighted by atomic mass is 10.2. The van der Waals surface area contributed by atoms with E-state index in [2.05, 4.69) is 22.3 Å². The topological polar surface area (TPSA) is 64.0 Å². The summed E-state index contributed by atoms with van der Waals surface area (Å²) in [6.07, 6.45) is 0. The number of carbonyl (C=O) groups is 1. The van der Waals surface area contributed by atoms with Crippen molar-refractivity contribution in [1.82, 2.24) is 15.1 Å². The summed E-state index contributed by atoms with van der Waals surface area (Å²) in [5, 5.41) is 6.33. The highest BCUT2D eigenvalue weighted by atomic mass is 19.1. The Labute approximate surface area is 120 Å². The number of carbonyl (C=O) groups excluding carboxylic acids is 1. The first kappa shape index (κ1) is 14.5. The van der Waals surface area contributed by atoms with Crippen LogP contribution in [0.3, 0.4) is 0 Å². The third-order valence-corrected chi connectivity index (χ3v) is 2.63. The van der Waals surface area contributed by atoms with Gasteiger partial charge < -0.3 is 5.32 Å². The fourth-order valence-corrected chi connectivity index (χ4v) is 1.54. The van der Waals surface area contributed by atoms with Gasteiger partial charge in [0.05, 0.1) is 12.1 Å². The Morgan fingerprint density at radius 1 is 1.33 bits per heavy atom. The fraction of sp³-hybridized carbons (Fsp3) is 0.133. The summed E-state index contributed by atoms with van der Waals surface area (Å²) in [6, 6.07) is 8.72. The molecule has 0 spiro atoms. The molecule has 2 rings (SSSR count). The minimum atomic E-state index is -0.451. The number of aromatic nitrogens is 2. The molecule has 2 aromatic rings. The van der Waals surface area contributed by atoms with E-state index >= 15 is 0 Å². The predicted molar refractivity (Wildman–Crippen MR) is 75.1 cm³/mol. The highest BCUT2D eigenvalue weighted by molar-refractivity contribution is 5.92. The monoisotopic (exact) mass is 285 g/mol. The molecule has 0 radical (unpaired) electrons. The first-order valence-electron chi connectivity index (χ1n) is 6.14. The number of nitrogens with zero attached hydrogens (tertiary/aromatic N) is 2. The van der Waals surface area contributed by atoms with Crippen LogP contribution in [0.5, 0.6) is 0 Å². The number of hydrogen-bond donors (Lipinski definition) is 1. The number of hydrogen-bond acceptors (Lipinski definition) is 3. The van der Waals surface area contributed by atoms with Crippen molar-refractivity contribution in [2.75, 3.05) is 6.54 Å². The molecule has 21 heavy (non-hydrogen) atoms. The number of rotatable bonds is 2. The minimum Gasteiger partial charge on any atom is -0.340 e. The van der Waals surface area contributed by atoms with Gasteiger partial charge in [-0.2, -0.15) is 5.10 Å². The molecule has 0 fully saturated rings. The molecule has 0 saturated carbocycles. The van der Waals surface area contributed by atoms with Crippen LogP contribution in [0, 0.1) is 17.7 Å². The second-order valence-electron chi connectivity index (χ2n) is 4.14. The molecule has 1 aromatic carbocycles. The van der Waals surface area contributed by atoms with Crippen LogP contribution in [0.15, 0.2) is 41.2 Å². The van der Waals surface area contributed by atoms with Crippen LogP contribution >= 0.6 is 0 Å². The molecule has 5 nitrogen and oxygen atoms in total. The Bertz CT molecular complexity index is 787. The third kappa shape index (κ3) is 3.76. The number of aryl methyl sites for hydroxylation is 1. The smallest absolute Gasteiger partial charge is 0.272 e. The summed E-state index contributed by atoms with van der Waals surface area (Å²) in [7, 11) is 1.46. The van der Waals surface area contributed by atoms with Gasteiger partial charge in [-0.25, -0.2) is 9.07 Å². The van der Waals surface area contributed by atoms with Gasteiger partial charge in [-0.15, -0.1) is 0 Å². The van der Waals surface area contributed by atoms with Gasteiger partial charge in [0.25, 0.3) is 11.5 Å². The number of benzene rings is 1. The Kier molecular flexibility index (Phi) is 4.46. The molecular formula is C15H12FN3O2. The molecule has 1 N–H and O–H groups in total. The summed E-state index contributed by atoms with van der Waals surface area (Å²) in [4.78, 5) is 22.9. The average molecular weight is 285 g/mol. The molecule has 1 amide bonds. The van der Waals surface area contributed by atoms with E-state index in [0.29, 0.717) is 0 Å². The first-order valence-corrected chi connectivity index (χ1v) is 6.14. The van der Waals surface area contributed by atoms with Crippen LogP contribution in [-0.4, -0.2) is 22.2 Å². The molecule has 0 saturated heterocycles. The Balaban J connectivity index is 1.98. The zero-order chi connectivity index (χ0) is 15.2. The molecule has 0 bridgehead atoms. The summed E-state index contributed by atoms with van der Waals surface area (Å²) in [6.45, 7) is 0.0533. The van der Waals surface area contributed by atoms with E-state index in [-0.39, 0.29) is 23.4 Å². The molecule has 106 valence electrons. The van der Waals surface area contributed by atoms with Crippen LogP contribution < -0.4 is 10.9 Å². The summed E-state index contributed by atoms with van der Waals surface area (Å²) in [5.74, 6) is 4.42. The molecule has 1 aromatic heterocycles. The zero-order valence-corrected chi connectivity index (χ0v) is 11.3. The molecule has 0 atom stereocenters. The van der Waals surface area contributed by atoms with E-state index in [0.717, 1.165) is 4.68 Å². The van der Waals surface area contributed by atoms with Crippen LogP contribution in [-0.2, 0) is 7.05 Å². The van der Waals surface area contributed by atoms with Gasteiger partial charge in [0, 0.05) is 13.1 Å². The highest BCUT2D eigenvalue weighted by Crippen LogP contribution is 2.03. The summed E-state index contributed by atoms with van der Waals surface area (Å²) in [5.41, 5.74) is 0.0858. The maximum atomic E-state index is 13.3. The number of nitrogens with one attached hydrogen (secondary N) is 1. The molecule has 1 heterocycles. The second-order valence-corrected chi connectivity index (χ2v) is 4.14. The fourth-order valence-electron chi connectivity index (χ4n) is 1.54. The van der Waals surface area contributed by atoms with E-state index in [1.165, 1.54) is 25.2 Å². The van der Waals surface area contributed by atoms with Crippen molar-refractivity contribution in [3.8, 4) is 11.8 Å². The van der Waals surface area contributed by atoms with E-state index in [9.17, 15) is 14.0 Å². The van der Waals surface area contributed by atoms with Crippen LogP contribution in [0.4, 0.5) is 4.39 Å². The molecule has 0 unspecified atom stereocenters. The van der Waals surface area contributed by atoms with Crippen molar-refractivity contribution >= 4 is 5.91 Å². The van der Waals surface area contributed by atoms with Gasteiger partial charge in [0.15, 0.2) is 0 Å². The molecule has 0 aliphatic heterocycles. The minimum absolute atomic E-state index is 0.0533. The lowest BCUT2D eigenvalue weighted by molar-refractivity contribution is 0.0951. The first-order chi connectivity index (χ1) is 10.1. The third-order valence-electron chi connectivity index (χ3n) is 2.63. The quantitative estimate of drug-likeness (QED) is 0.826. The molecular weight excluding hydrogens is 273 g/mol. The Morgan fingerprint density at radius 2 is 2.10 bits per heavy atom. The van der Waals surface area contributed by atoms with Crippen LogP contribution in [0.2, 0.25) is 0 Å². The summed E-state index contributed by atoms with van der Waals surface area (Å²) >= 11 is 0. The standard InChI is InChI=1S/C15H12FN3O2/c1-19-14(20)9-8-13(18-19)15(21)17-10-4-6-11-5-2-3-7-12(11)16/h2-3,5,7-9H,10H2,1H3,(H,17,21). The Hall–Kier alpha value is -2.94. The van der Waals surface area contributed by atoms with Gasteiger partial charge >= 0.3 is 0 Å². The predicted octanol–water partition coefficient (Wildman–Crippen LogP) is 0.701. The molecule has 0 aliphatic rings. The SMILES string of the molecule is Cn1nc(C(=O)NCC#Cc2ccccc2F)ccc1=O. The average Bonchev–Trinajstić information content (AvgIpc) is 2.48. The highest BCUT2D eigenvalue weighted by Gasteiger charge is 2.06. The van der Waals surface area contributed by atoms with Crippen molar-refractivity contribution in [2.45, 2.75) is 0 Å². The van der Waals surface area contributed by atoms with Crippen LogP contribution in [0.1, 0.15) is 16.1 Å². The Morgan fingerprint density at radius 3 is 2.81 bits per heavy atom. The van der Waals surface area contributed by atoms with Crippen molar-refractivity contribution in [3.63, 3.8) is 0 Å². The van der Waals surface area contributed by atoms with Crippen molar-refractivity contribution < 1.29 is 9.18 Å². The summed E-state index contributed by atoms with van der Waals surface area (Å²) < 4.78 is 14.4. The lowest BCUT2D eigenvalue weighted by Gasteiger charge is -2.01. The van der Waals surface area contributed by atoms with Crippen molar-refractivity contribution in [1.29, 1.82) is 0 Å². The number of halogens is 1. The van der Waals surface area contributed by atoms with Gasteiger partial charge in [0.2, 0.25) is 0 Å². The van der Waals surface area contributed by atoms with Gasteiger partial charge in [-0.3, -0.25) is 9.59 Å². The van der Waals surface area contributed by atoms with Crippen LogP contribution in [0.25, 0.3) is 0 Å². The largest absolute Gasteiger partial charge is 0.340 e. The van der Waals surface area contributed by atoms with Gasteiger partial charge in [-0.1, -0.05) is 24.0 Å². The zero-order valence-electron chi connectivity index (χ0n) is 11.3. The number of amides is 1. The normalized spacial score (nSPS) is 9.62. The molecule has 0 aliphatic carbocycles. The maximum absolute atomic E-state index is 13.3. The van der Waals surface area contributed by atoms with E-state index in [1.54, 1.807) is 18.2 Å². The second kappa shape index (κ2) is 6.48. The van der Waals surface area contributed by atoms with Crippen molar-refractivity contribution in [2.24, 2.45) is 7.05 Å². The van der Waals surface area contributed by atoms with E-state index < -0.39 is 11.7 Å². The van der Waals surface area contributed by atoms with Crippen molar-refractivity contribution in [3.05, 3.63) is 63.8 Å². The maximum Gasteiger partial charge on any atom is 0.272 e.